The van der Waals surface area contributed by atoms with Crippen LogP contribution in [0.2, 0.25) is 0 Å². The van der Waals surface area contributed by atoms with E-state index in [0.717, 1.165) is 34.0 Å². The fraction of sp³-hybridized carbons (Fsp3) is 0.231. The van der Waals surface area contributed by atoms with Crippen LogP contribution in [0.3, 0.4) is 0 Å². The van der Waals surface area contributed by atoms with E-state index in [9.17, 15) is 0 Å². The van der Waals surface area contributed by atoms with E-state index in [1.807, 2.05) is 6.07 Å². The molecule has 0 spiro atoms. The molecular formula is C13H10Br2O. The minimum absolute atomic E-state index is 0.859. The van der Waals surface area contributed by atoms with Crippen LogP contribution in [-0.4, -0.2) is 5.33 Å². The molecule has 1 aliphatic carbocycles. The van der Waals surface area contributed by atoms with Crippen LogP contribution in [-0.2, 0) is 6.42 Å². The number of alkyl halides is 1. The van der Waals surface area contributed by atoms with Crippen molar-refractivity contribution in [2.45, 2.75) is 12.8 Å². The van der Waals surface area contributed by atoms with E-state index >= 15 is 0 Å². The lowest BCUT2D eigenvalue weighted by Gasteiger charge is -2.09. The van der Waals surface area contributed by atoms with Gasteiger partial charge in [0.05, 0.1) is 4.47 Å². The van der Waals surface area contributed by atoms with Crippen LogP contribution in [0.25, 0.3) is 16.5 Å². The zero-order valence-electron chi connectivity index (χ0n) is 8.59. The standard InChI is InChI=1S/C13H10Br2O/c14-7-8-3-1-4-9-10-5-2-6-11(15)13(10)16-12(8)9/h2-3,5-6H,1,4,7H2. The minimum Gasteiger partial charge on any atom is -0.455 e. The molecule has 0 atom stereocenters. The smallest absolute Gasteiger partial charge is 0.149 e. The zero-order chi connectivity index (χ0) is 11.1. The first-order valence-electron chi connectivity index (χ1n) is 5.26. The fourth-order valence-corrected chi connectivity index (χ4v) is 3.17. The summed E-state index contributed by atoms with van der Waals surface area (Å²) in [5, 5.41) is 2.10. The van der Waals surface area contributed by atoms with Crippen molar-refractivity contribution < 1.29 is 4.42 Å². The molecule has 2 aromatic rings. The maximum absolute atomic E-state index is 5.98. The molecule has 0 fully saturated rings. The second-order valence-corrected chi connectivity index (χ2v) is 5.34. The maximum atomic E-state index is 5.98. The topological polar surface area (TPSA) is 13.1 Å². The number of fused-ring (bicyclic) bond motifs is 3. The number of hydrogen-bond acceptors (Lipinski definition) is 1. The summed E-state index contributed by atoms with van der Waals surface area (Å²) in [6.07, 6.45) is 4.44. The van der Waals surface area contributed by atoms with Crippen LogP contribution < -0.4 is 0 Å². The molecule has 0 N–H and O–H groups in total. The van der Waals surface area contributed by atoms with Crippen molar-refractivity contribution in [2.75, 3.05) is 5.33 Å². The van der Waals surface area contributed by atoms with Gasteiger partial charge in [-0.05, 0) is 34.8 Å². The number of aryl methyl sites for hydroxylation is 1. The highest BCUT2D eigenvalue weighted by atomic mass is 79.9. The predicted octanol–water partition coefficient (Wildman–Crippen LogP) is 4.92. The van der Waals surface area contributed by atoms with Gasteiger partial charge in [0.2, 0.25) is 0 Å². The van der Waals surface area contributed by atoms with Gasteiger partial charge in [0.25, 0.3) is 0 Å². The normalized spacial score (nSPS) is 15.0. The summed E-state index contributed by atoms with van der Waals surface area (Å²) in [5.41, 5.74) is 3.60. The second-order valence-electron chi connectivity index (χ2n) is 3.93. The van der Waals surface area contributed by atoms with E-state index in [-0.39, 0.29) is 0 Å². The van der Waals surface area contributed by atoms with Gasteiger partial charge in [0.1, 0.15) is 11.3 Å². The molecule has 3 rings (SSSR count). The first kappa shape index (κ1) is 10.6. The van der Waals surface area contributed by atoms with Crippen LogP contribution >= 0.6 is 31.9 Å². The summed E-state index contributed by atoms with van der Waals surface area (Å²) in [4.78, 5) is 0. The molecule has 82 valence electrons. The molecule has 0 aliphatic heterocycles. The highest BCUT2D eigenvalue weighted by Crippen LogP contribution is 2.38. The van der Waals surface area contributed by atoms with Gasteiger partial charge in [-0.15, -0.1) is 0 Å². The Morgan fingerprint density at radius 3 is 3.00 bits per heavy atom. The monoisotopic (exact) mass is 340 g/mol. The SMILES string of the molecule is BrCC1=CCCc2c1oc1c(Br)cccc21. The summed E-state index contributed by atoms with van der Waals surface area (Å²) >= 11 is 7.06. The van der Waals surface area contributed by atoms with Gasteiger partial charge in [0, 0.05) is 21.9 Å². The van der Waals surface area contributed by atoms with E-state index in [1.165, 1.54) is 16.5 Å². The Morgan fingerprint density at radius 2 is 2.19 bits per heavy atom. The number of hydrogen-bond donors (Lipinski definition) is 0. The van der Waals surface area contributed by atoms with Crippen molar-refractivity contribution in [1.29, 1.82) is 0 Å². The largest absolute Gasteiger partial charge is 0.455 e. The van der Waals surface area contributed by atoms with E-state index in [1.54, 1.807) is 0 Å². The van der Waals surface area contributed by atoms with Crippen LogP contribution in [0, 0.1) is 0 Å². The lowest BCUT2D eigenvalue weighted by molar-refractivity contribution is 0.588. The molecule has 1 nitrogen and oxygen atoms in total. The number of rotatable bonds is 1. The van der Waals surface area contributed by atoms with Crippen molar-refractivity contribution >= 4 is 48.4 Å². The lowest BCUT2D eigenvalue weighted by atomic mass is 9.96. The third kappa shape index (κ3) is 1.49. The van der Waals surface area contributed by atoms with Gasteiger partial charge in [-0.25, -0.2) is 0 Å². The molecule has 0 radical (unpaired) electrons. The van der Waals surface area contributed by atoms with E-state index in [4.69, 9.17) is 4.42 Å². The summed E-state index contributed by atoms with van der Waals surface area (Å²) in [5.74, 6) is 1.06. The molecule has 0 bridgehead atoms. The highest BCUT2D eigenvalue weighted by molar-refractivity contribution is 9.10. The first-order chi connectivity index (χ1) is 7.81. The first-order valence-corrected chi connectivity index (χ1v) is 7.18. The third-order valence-corrected chi connectivity index (χ3v) is 4.22. The lowest BCUT2D eigenvalue weighted by Crippen LogP contribution is -1.96. The van der Waals surface area contributed by atoms with Crippen molar-refractivity contribution in [2.24, 2.45) is 0 Å². The van der Waals surface area contributed by atoms with E-state index in [2.05, 4.69) is 50.1 Å². The van der Waals surface area contributed by atoms with Crippen molar-refractivity contribution in [3.8, 4) is 0 Å². The number of allylic oxidation sites excluding steroid dienone is 2. The molecule has 1 heterocycles. The van der Waals surface area contributed by atoms with Gasteiger partial charge >= 0.3 is 0 Å². The Bertz CT molecular complexity index is 581. The Labute approximate surface area is 111 Å². The number of benzene rings is 1. The second kappa shape index (κ2) is 4.04. The van der Waals surface area contributed by atoms with Gasteiger partial charge < -0.3 is 4.42 Å². The third-order valence-electron chi connectivity index (χ3n) is 2.99. The van der Waals surface area contributed by atoms with Crippen molar-refractivity contribution in [1.82, 2.24) is 0 Å². The number of halogens is 2. The van der Waals surface area contributed by atoms with E-state index in [0.29, 0.717) is 0 Å². The number of para-hydroxylation sites is 1. The molecule has 1 aromatic heterocycles. The van der Waals surface area contributed by atoms with Crippen LogP contribution in [0.15, 0.2) is 33.2 Å². The summed E-state index contributed by atoms with van der Waals surface area (Å²) in [7, 11) is 0. The molecule has 0 saturated heterocycles. The van der Waals surface area contributed by atoms with Gasteiger partial charge in [0.15, 0.2) is 0 Å². The zero-order valence-corrected chi connectivity index (χ0v) is 11.8. The quantitative estimate of drug-likeness (QED) is 0.671. The Kier molecular flexibility index (Phi) is 2.68. The van der Waals surface area contributed by atoms with Crippen LogP contribution in [0.1, 0.15) is 17.7 Å². The van der Waals surface area contributed by atoms with Crippen molar-refractivity contribution in [3.63, 3.8) is 0 Å². The van der Waals surface area contributed by atoms with Gasteiger partial charge in [-0.1, -0.05) is 34.1 Å². The fourth-order valence-electron chi connectivity index (χ4n) is 2.24. The molecule has 1 aromatic carbocycles. The Balaban J connectivity index is 2.34. The molecule has 16 heavy (non-hydrogen) atoms. The Morgan fingerprint density at radius 1 is 1.31 bits per heavy atom. The molecule has 3 heteroatoms. The van der Waals surface area contributed by atoms with Gasteiger partial charge in [-0.2, -0.15) is 0 Å². The molecule has 1 aliphatic rings. The molecule has 0 unspecified atom stereocenters. The number of furan rings is 1. The van der Waals surface area contributed by atoms with Crippen LogP contribution in [0.5, 0.6) is 0 Å². The van der Waals surface area contributed by atoms with Gasteiger partial charge in [-0.3, -0.25) is 0 Å². The Hall–Kier alpha value is -0.540. The maximum Gasteiger partial charge on any atom is 0.149 e. The van der Waals surface area contributed by atoms with Crippen molar-refractivity contribution in [3.05, 3.63) is 40.1 Å². The predicted molar refractivity (Wildman–Crippen MR) is 74.0 cm³/mol. The average molecular weight is 342 g/mol. The summed E-state index contributed by atoms with van der Waals surface area (Å²) in [6, 6.07) is 6.22. The molecule has 0 amide bonds. The summed E-state index contributed by atoms with van der Waals surface area (Å²) < 4.78 is 7.02. The highest BCUT2D eigenvalue weighted by Gasteiger charge is 2.20. The molecular weight excluding hydrogens is 332 g/mol. The van der Waals surface area contributed by atoms with E-state index < -0.39 is 0 Å². The van der Waals surface area contributed by atoms with Crippen LogP contribution in [0.4, 0.5) is 0 Å². The molecule has 0 saturated carbocycles. The summed E-state index contributed by atoms with van der Waals surface area (Å²) in [6.45, 7) is 0. The average Bonchev–Trinajstić information content (AvgIpc) is 2.69. The minimum atomic E-state index is 0.859.